The van der Waals surface area contributed by atoms with Gasteiger partial charge in [-0.2, -0.15) is 0 Å². The zero-order valence-electron chi connectivity index (χ0n) is 9.53. The van der Waals surface area contributed by atoms with Crippen molar-refractivity contribution in [2.24, 2.45) is 10.8 Å². The largest absolute Gasteiger partial charge is 0.0602 e. The molecule has 0 aliphatic heterocycles. The standard InChI is InChI=1S/C11H24.Cr/c1-10(2,3)8-7-9-11(4,5)6;/h7-9H2,1-6H3;. The number of hydrogen-bond acceptors (Lipinski definition) is 0. The Morgan fingerprint density at radius 1 is 0.667 bits per heavy atom. The van der Waals surface area contributed by atoms with E-state index < -0.39 is 0 Å². The molecule has 0 nitrogen and oxygen atoms in total. The Bertz CT molecular complexity index is 89.2. The topological polar surface area (TPSA) is 0 Å². The molecule has 0 fully saturated rings. The van der Waals surface area contributed by atoms with Crippen LogP contribution in [0, 0.1) is 10.8 Å². The van der Waals surface area contributed by atoms with Crippen LogP contribution in [0.25, 0.3) is 0 Å². The molecule has 0 N–H and O–H groups in total. The summed E-state index contributed by atoms with van der Waals surface area (Å²) < 4.78 is 0. The van der Waals surface area contributed by atoms with Crippen LogP contribution in [0.15, 0.2) is 0 Å². The maximum Gasteiger partial charge on any atom is 0 e. The Hall–Kier alpha value is 0.532. The predicted molar refractivity (Wildman–Crippen MR) is 52.8 cm³/mol. The maximum absolute atomic E-state index is 2.32. The van der Waals surface area contributed by atoms with Gasteiger partial charge in [-0.1, -0.05) is 48.0 Å². The molecule has 0 aliphatic rings. The molecule has 0 atom stereocenters. The molecule has 0 aliphatic carbocycles. The Kier molecular flexibility index (Phi) is 6.64. The summed E-state index contributed by atoms with van der Waals surface area (Å²) in [5, 5.41) is 0. The zero-order chi connectivity index (χ0) is 9.12. The normalized spacial score (nSPS) is 12.5. The summed E-state index contributed by atoms with van der Waals surface area (Å²) in [5.74, 6) is 0. The van der Waals surface area contributed by atoms with Crippen LogP contribution in [-0.4, -0.2) is 0 Å². The van der Waals surface area contributed by atoms with Gasteiger partial charge in [-0.05, 0) is 23.7 Å². The Morgan fingerprint density at radius 2 is 0.917 bits per heavy atom. The van der Waals surface area contributed by atoms with E-state index in [1.165, 1.54) is 19.3 Å². The third-order valence-electron chi connectivity index (χ3n) is 1.85. The summed E-state index contributed by atoms with van der Waals surface area (Å²) in [7, 11) is 0. The molecule has 0 unspecified atom stereocenters. The predicted octanol–water partition coefficient (Wildman–Crippen LogP) is 4.25. The average Bonchev–Trinajstić information content (AvgIpc) is 1.55. The summed E-state index contributed by atoms with van der Waals surface area (Å²) in [5.41, 5.74) is 1.04. The van der Waals surface area contributed by atoms with E-state index in [0.717, 1.165) is 0 Å². The zero-order valence-corrected chi connectivity index (χ0v) is 10.8. The second-order valence-corrected chi connectivity index (χ2v) is 5.97. The van der Waals surface area contributed by atoms with Crippen LogP contribution in [0.5, 0.6) is 0 Å². The van der Waals surface area contributed by atoms with Crippen molar-refractivity contribution in [3.63, 3.8) is 0 Å². The average molecular weight is 208 g/mol. The summed E-state index contributed by atoms with van der Waals surface area (Å²) in [6.45, 7) is 13.9. The molecule has 0 rings (SSSR count). The maximum atomic E-state index is 2.32. The molecule has 12 heavy (non-hydrogen) atoms. The van der Waals surface area contributed by atoms with Gasteiger partial charge in [0.15, 0.2) is 0 Å². The van der Waals surface area contributed by atoms with Gasteiger partial charge in [0, 0.05) is 17.4 Å². The smallest absolute Gasteiger partial charge is 0 e. The summed E-state index contributed by atoms with van der Waals surface area (Å²) >= 11 is 0. The van der Waals surface area contributed by atoms with E-state index in [9.17, 15) is 0 Å². The van der Waals surface area contributed by atoms with Crippen LogP contribution >= 0.6 is 0 Å². The fourth-order valence-corrected chi connectivity index (χ4v) is 1.15. The molecule has 0 aromatic carbocycles. The minimum atomic E-state index is 0. The van der Waals surface area contributed by atoms with Crippen molar-refractivity contribution in [1.29, 1.82) is 0 Å². The SMILES string of the molecule is CC(C)(C)CCCC(C)(C)C.[Cr]. The molecular weight excluding hydrogens is 184 g/mol. The van der Waals surface area contributed by atoms with Gasteiger partial charge in [0.1, 0.15) is 0 Å². The van der Waals surface area contributed by atoms with E-state index in [1.54, 1.807) is 0 Å². The van der Waals surface area contributed by atoms with E-state index in [4.69, 9.17) is 0 Å². The quantitative estimate of drug-likeness (QED) is 0.636. The molecule has 0 aromatic rings. The second kappa shape index (κ2) is 5.30. The van der Waals surface area contributed by atoms with E-state index >= 15 is 0 Å². The van der Waals surface area contributed by atoms with Crippen molar-refractivity contribution in [2.45, 2.75) is 60.8 Å². The molecule has 0 heterocycles. The molecule has 0 amide bonds. The van der Waals surface area contributed by atoms with Gasteiger partial charge >= 0.3 is 0 Å². The molecule has 0 saturated heterocycles. The van der Waals surface area contributed by atoms with Crippen LogP contribution in [0.1, 0.15) is 60.8 Å². The third-order valence-corrected chi connectivity index (χ3v) is 1.85. The van der Waals surface area contributed by atoms with E-state index in [0.29, 0.717) is 10.8 Å². The summed E-state index contributed by atoms with van der Waals surface area (Å²) in [6, 6.07) is 0. The Balaban J connectivity index is 0. The minimum absolute atomic E-state index is 0. The summed E-state index contributed by atoms with van der Waals surface area (Å²) in [4.78, 5) is 0. The third kappa shape index (κ3) is 13.1. The molecule has 0 aromatic heterocycles. The Labute approximate surface area is 89.3 Å². The van der Waals surface area contributed by atoms with Crippen molar-refractivity contribution in [2.75, 3.05) is 0 Å². The van der Waals surface area contributed by atoms with Crippen molar-refractivity contribution in [1.82, 2.24) is 0 Å². The van der Waals surface area contributed by atoms with Crippen molar-refractivity contribution in [3.8, 4) is 0 Å². The van der Waals surface area contributed by atoms with E-state index in [2.05, 4.69) is 41.5 Å². The fraction of sp³-hybridized carbons (Fsp3) is 1.00. The molecular formula is C11H24Cr. The van der Waals surface area contributed by atoms with Gasteiger partial charge in [-0.3, -0.25) is 0 Å². The monoisotopic (exact) mass is 208 g/mol. The first-order valence-electron chi connectivity index (χ1n) is 4.71. The molecule has 74 valence electrons. The van der Waals surface area contributed by atoms with Crippen molar-refractivity contribution < 1.29 is 17.4 Å². The van der Waals surface area contributed by atoms with E-state index in [1.807, 2.05) is 0 Å². The van der Waals surface area contributed by atoms with Gasteiger partial charge in [0.25, 0.3) is 0 Å². The van der Waals surface area contributed by atoms with Gasteiger partial charge in [0.05, 0.1) is 0 Å². The van der Waals surface area contributed by atoms with Crippen LogP contribution in [0.4, 0.5) is 0 Å². The van der Waals surface area contributed by atoms with Gasteiger partial charge < -0.3 is 0 Å². The second-order valence-electron chi connectivity index (χ2n) is 5.97. The first-order valence-corrected chi connectivity index (χ1v) is 4.71. The first-order chi connectivity index (χ1) is 4.71. The van der Waals surface area contributed by atoms with E-state index in [-0.39, 0.29) is 17.4 Å². The fourth-order valence-electron chi connectivity index (χ4n) is 1.15. The van der Waals surface area contributed by atoms with Crippen LogP contribution in [-0.2, 0) is 17.4 Å². The molecule has 0 spiro atoms. The van der Waals surface area contributed by atoms with Gasteiger partial charge in [-0.25, -0.2) is 0 Å². The number of rotatable bonds is 2. The van der Waals surface area contributed by atoms with Crippen molar-refractivity contribution >= 4 is 0 Å². The minimum Gasteiger partial charge on any atom is -0.0602 e. The molecule has 0 bridgehead atoms. The molecule has 0 saturated carbocycles. The van der Waals surface area contributed by atoms with Crippen molar-refractivity contribution in [3.05, 3.63) is 0 Å². The Morgan fingerprint density at radius 3 is 1.08 bits per heavy atom. The molecule has 0 radical (unpaired) electrons. The van der Waals surface area contributed by atoms with Crippen LogP contribution in [0.3, 0.4) is 0 Å². The van der Waals surface area contributed by atoms with Crippen LogP contribution < -0.4 is 0 Å². The molecule has 1 heteroatoms. The first kappa shape index (κ1) is 15.0. The summed E-state index contributed by atoms with van der Waals surface area (Å²) in [6.07, 6.45) is 4.07. The number of hydrogen-bond donors (Lipinski definition) is 0. The van der Waals surface area contributed by atoms with Gasteiger partial charge in [-0.15, -0.1) is 0 Å². The van der Waals surface area contributed by atoms with Crippen LogP contribution in [0.2, 0.25) is 0 Å². The van der Waals surface area contributed by atoms with Gasteiger partial charge in [0.2, 0.25) is 0 Å².